The van der Waals surface area contributed by atoms with E-state index in [0.29, 0.717) is 11.3 Å². The van der Waals surface area contributed by atoms with Gasteiger partial charge in [-0.2, -0.15) is 0 Å². The van der Waals surface area contributed by atoms with Gasteiger partial charge >= 0.3 is 0 Å². The number of ether oxygens (including phenoxy) is 1. The zero-order chi connectivity index (χ0) is 22.1. The van der Waals surface area contributed by atoms with Gasteiger partial charge in [-0.05, 0) is 66.0 Å². The van der Waals surface area contributed by atoms with Crippen molar-refractivity contribution < 1.29 is 18.7 Å². The SMILES string of the molecule is Cc1ccc(C(C)C)c(OCC(=O)NNC(=S)NC(=O)/C=C/c2ccc(F)cc2)c1. The number of thiocarbonyl (C=S) groups is 1. The number of carbonyl (C=O) groups is 2. The predicted octanol–water partition coefficient (Wildman–Crippen LogP) is 3.37. The highest BCUT2D eigenvalue weighted by Crippen LogP contribution is 2.27. The molecule has 3 N–H and O–H groups in total. The van der Waals surface area contributed by atoms with E-state index in [1.807, 2.05) is 39.0 Å². The van der Waals surface area contributed by atoms with E-state index in [4.69, 9.17) is 17.0 Å². The topological polar surface area (TPSA) is 79.5 Å². The van der Waals surface area contributed by atoms with Crippen LogP contribution in [0.15, 0.2) is 48.5 Å². The number of nitrogens with one attached hydrogen (secondary N) is 3. The van der Waals surface area contributed by atoms with Crippen molar-refractivity contribution in [3.8, 4) is 5.75 Å². The van der Waals surface area contributed by atoms with E-state index in [0.717, 1.165) is 11.1 Å². The van der Waals surface area contributed by atoms with Gasteiger partial charge in [0.15, 0.2) is 11.7 Å². The minimum atomic E-state index is -0.497. The van der Waals surface area contributed by atoms with Crippen molar-refractivity contribution in [2.75, 3.05) is 6.61 Å². The number of aryl methyl sites for hydroxylation is 1. The summed E-state index contributed by atoms with van der Waals surface area (Å²) in [4.78, 5) is 23.8. The Morgan fingerprint density at radius 1 is 1.13 bits per heavy atom. The summed E-state index contributed by atoms with van der Waals surface area (Å²) in [5.74, 6) is -0.396. The zero-order valence-corrected chi connectivity index (χ0v) is 17.8. The summed E-state index contributed by atoms with van der Waals surface area (Å²) in [6, 6.07) is 11.5. The highest BCUT2D eigenvalue weighted by atomic mass is 32.1. The Hall–Kier alpha value is -3.26. The molecule has 8 heteroatoms. The molecule has 0 radical (unpaired) electrons. The van der Waals surface area contributed by atoms with Crippen LogP contribution in [0.2, 0.25) is 0 Å². The molecule has 0 aliphatic carbocycles. The van der Waals surface area contributed by atoms with Crippen molar-refractivity contribution in [2.24, 2.45) is 0 Å². The summed E-state index contributed by atoms with van der Waals surface area (Å²) in [6.07, 6.45) is 2.76. The summed E-state index contributed by atoms with van der Waals surface area (Å²) in [5.41, 5.74) is 7.51. The first-order valence-electron chi connectivity index (χ1n) is 9.31. The average Bonchev–Trinajstić information content (AvgIpc) is 2.70. The fourth-order valence-electron chi connectivity index (χ4n) is 2.48. The quantitative estimate of drug-likeness (QED) is 0.373. The van der Waals surface area contributed by atoms with E-state index in [1.54, 1.807) is 0 Å². The number of hydrazine groups is 1. The lowest BCUT2D eigenvalue weighted by atomic mass is 10.0. The van der Waals surface area contributed by atoms with Crippen molar-refractivity contribution in [2.45, 2.75) is 26.7 Å². The smallest absolute Gasteiger partial charge is 0.276 e. The Balaban J connectivity index is 1.76. The Morgan fingerprint density at radius 2 is 1.83 bits per heavy atom. The number of rotatable bonds is 6. The predicted molar refractivity (Wildman–Crippen MR) is 118 cm³/mol. The normalized spacial score (nSPS) is 10.7. The number of hydrogen-bond donors (Lipinski definition) is 3. The molecule has 6 nitrogen and oxygen atoms in total. The lowest BCUT2D eigenvalue weighted by molar-refractivity contribution is -0.123. The van der Waals surface area contributed by atoms with Gasteiger partial charge < -0.3 is 4.74 Å². The summed E-state index contributed by atoms with van der Waals surface area (Å²) < 4.78 is 18.5. The Morgan fingerprint density at radius 3 is 2.50 bits per heavy atom. The van der Waals surface area contributed by atoms with E-state index in [-0.39, 0.29) is 23.5 Å². The standard InChI is InChI=1S/C22H24FN3O3S/c1-14(2)18-10-4-15(3)12-19(18)29-13-21(28)25-26-22(30)24-20(27)11-7-16-5-8-17(23)9-6-16/h4-12,14H,13H2,1-3H3,(H,25,28)(H2,24,26,27,30)/b11-7+. The number of carbonyl (C=O) groups excluding carboxylic acids is 2. The molecule has 2 amide bonds. The molecule has 0 atom stereocenters. The van der Waals surface area contributed by atoms with Gasteiger partial charge in [0, 0.05) is 6.08 Å². The lowest BCUT2D eigenvalue weighted by Crippen LogP contribution is -2.49. The molecule has 0 fully saturated rings. The third-order valence-electron chi connectivity index (χ3n) is 4.00. The van der Waals surface area contributed by atoms with Crippen molar-refractivity contribution in [3.05, 3.63) is 71.0 Å². The Bertz CT molecular complexity index is 943. The summed E-state index contributed by atoms with van der Waals surface area (Å²) in [7, 11) is 0. The van der Waals surface area contributed by atoms with Crippen LogP contribution >= 0.6 is 12.2 Å². The largest absolute Gasteiger partial charge is 0.483 e. The molecule has 0 saturated heterocycles. The highest BCUT2D eigenvalue weighted by Gasteiger charge is 2.10. The Labute approximate surface area is 180 Å². The minimum Gasteiger partial charge on any atom is -0.483 e. The summed E-state index contributed by atoms with van der Waals surface area (Å²) in [5, 5.41) is 2.31. The third kappa shape index (κ3) is 7.63. The highest BCUT2D eigenvalue weighted by molar-refractivity contribution is 7.80. The first-order valence-corrected chi connectivity index (χ1v) is 9.72. The monoisotopic (exact) mass is 429 g/mol. The maximum atomic E-state index is 12.9. The minimum absolute atomic E-state index is 0.0736. The molecular weight excluding hydrogens is 405 g/mol. The second-order valence-electron chi connectivity index (χ2n) is 6.86. The second kappa shape index (κ2) is 11.1. The average molecular weight is 430 g/mol. The molecule has 0 bridgehead atoms. The Kier molecular flexibility index (Phi) is 8.49. The van der Waals surface area contributed by atoms with Gasteiger partial charge in [0.1, 0.15) is 11.6 Å². The molecule has 2 aromatic carbocycles. The number of amides is 2. The lowest BCUT2D eigenvalue weighted by Gasteiger charge is -2.15. The molecule has 0 aromatic heterocycles. The molecule has 0 unspecified atom stereocenters. The second-order valence-corrected chi connectivity index (χ2v) is 7.27. The van der Waals surface area contributed by atoms with Gasteiger partial charge in [0.05, 0.1) is 0 Å². The van der Waals surface area contributed by atoms with Crippen LogP contribution in [-0.2, 0) is 9.59 Å². The first-order chi connectivity index (χ1) is 14.2. The van der Waals surface area contributed by atoms with E-state index in [2.05, 4.69) is 16.2 Å². The molecule has 158 valence electrons. The van der Waals surface area contributed by atoms with Gasteiger partial charge in [-0.1, -0.05) is 38.1 Å². The molecule has 0 heterocycles. The first kappa shape index (κ1) is 23.0. The van der Waals surface area contributed by atoms with E-state index < -0.39 is 11.8 Å². The number of halogens is 1. The molecule has 0 aliphatic heterocycles. The van der Waals surface area contributed by atoms with Gasteiger partial charge in [0.25, 0.3) is 5.91 Å². The molecule has 2 aromatic rings. The summed E-state index contributed by atoms with van der Waals surface area (Å²) >= 11 is 4.96. The van der Waals surface area contributed by atoms with Crippen LogP contribution in [0.25, 0.3) is 6.08 Å². The van der Waals surface area contributed by atoms with Crippen molar-refractivity contribution in [1.29, 1.82) is 0 Å². The van der Waals surface area contributed by atoms with E-state index >= 15 is 0 Å². The summed E-state index contributed by atoms with van der Waals surface area (Å²) in [6.45, 7) is 5.83. The third-order valence-corrected chi connectivity index (χ3v) is 4.20. The fraction of sp³-hybridized carbons (Fsp3) is 0.227. The molecule has 0 spiro atoms. The number of benzene rings is 2. The van der Waals surface area contributed by atoms with Crippen molar-refractivity contribution in [1.82, 2.24) is 16.2 Å². The maximum Gasteiger partial charge on any atom is 0.276 e. The molecule has 0 aliphatic rings. The van der Waals surface area contributed by atoms with Crippen molar-refractivity contribution >= 4 is 35.2 Å². The van der Waals surface area contributed by atoms with Crippen molar-refractivity contribution in [3.63, 3.8) is 0 Å². The van der Waals surface area contributed by atoms with Crippen LogP contribution in [0, 0.1) is 12.7 Å². The molecule has 30 heavy (non-hydrogen) atoms. The van der Waals surface area contributed by atoms with Crippen LogP contribution in [0.5, 0.6) is 5.75 Å². The van der Waals surface area contributed by atoms with E-state index in [9.17, 15) is 14.0 Å². The van der Waals surface area contributed by atoms with Gasteiger partial charge in [-0.25, -0.2) is 4.39 Å². The zero-order valence-electron chi connectivity index (χ0n) is 17.0. The number of hydrogen-bond acceptors (Lipinski definition) is 4. The van der Waals surface area contributed by atoms with Gasteiger partial charge in [0.2, 0.25) is 5.91 Å². The maximum absolute atomic E-state index is 12.9. The van der Waals surface area contributed by atoms with Crippen LogP contribution in [0.1, 0.15) is 36.5 Å². The van der Waals surface area contributed by atoms with Gasteiger partial charge in [-0.3, -0.25) is 25.8 Å². The van der Waals surface area contributed by atoms with Crippen LogP contribution < -0.4 is 20.9 Å². The van der Waals surface area contributed by atoms with Crippen LogP contribution in [0.3, 0.4) is 0 Å². The molecular formula is C22H24FN3O3S. The molecule has 0 saturated carbocycles. The van der Waals surface area contributed by atoms with Crippen LogP contribution in [-0.4, -0.2) is 23.5 Å². The van der Waals surface area contributed by atoms with Gasteiger partial charge in [-0.15, -0.1) is 0 Å². The molecule has 2 rings (SSSR count). The fourth-order valence-corrected chi connectivity index (χ4v) is 2.63. The van der Waals surface area contributed by atoms with Crippen LogP contribution in [0.4, 0.5) is 4.39 Å². The van der Waals surface area contributed by atoms with E-state index in [1.165, 1.54) is 36.4 Å².